The smallest absolute Gasteiger partial charge is 1.00 e. The number of nitrogens with zero attached hydrogens (tertiary/aromatic N) is 2. The zero-order valence-corrected chi connectivity index (χ0v) is 34.1. The van der Waals surface area contributed by atoms with E-state index in [2.05, 4.69) is 53.3 Å². The summed E-state index contributed by atoms with van der Waals surface area (Å²) in [5.41, 5.74) is 4.98. The minimum Gasteiger partial charge on any atom is -1.00 e. The van der Waals surface area contributed by atoms with Crippen molar-refractivity contribution < 1.29 is 82.1 Å². The molecule has 266 valence electrons. The van der Waals surface area contributed by atoms with Gasteiger partial charge in [0.05, 0.1) is 52.9 Å². The first kappa shape index (κ1) is 42.5. The van der Waals surface area contributed by atoms with E-state index in [4.69, 9.17) is 18.9 Å². The second-order valence-electron chi connectivity index (χ2n) is 13.4. The number of rotatable bonds is 0. The van der Waals surface area contributed by atoms with Crippen LogP contribution in [0.3, 0.4) is 0 Å². The Balaban J connectivity index is 0.00000338. The number of hydrogen-bond acceptors (Lipinski definition) is 8. The second kappa shape index (κ2) is 21.6. The normalized spacial score (nSPS) is 20.5. The number of carbonyl (C=O) groups is 2. The molecule has 50 heavy (non-hydrogen) atoms. The van der Waals surface area contributed by atoms with Crippen LogP contribution >= 0.6 is 0 Å². The molecule has 2 amide bonds. The van der Waals surface area contributed by atoms with Crippen molar-refractivity contribution in [2.75, 3.05) is 89.7 Å². The van der Waals surface area contributed by atoms with Crippen molar-refractivity contribution in [2.24, 2.45) is 0 Å². The van der Waals surface area contributed by atoms with E-state index in [9.17, 15) is 9.59 Å². The largest absolute Gasteiger partial charge is 1.00 e. The molecule has 2 N–H and O–H groups in total. The van der Waals surface area contributed by atoms with Gasteiger partial charge >= 0.3 is 29.6 Å². The van der Waals surface area contributed by atoms with Crippen molar-refractivity contribution >= 4 is 23.2 Å². The molecule has 0 unspecified atom stereocenters. The topological polar surface area (TPSA) is 102 Å². The van der Waals surface area contributed by atoms with Gasteiger partial charge in [0.25, 0.3) is 11.8 Å². The summed E-state index contributed by atoms with van der Waals surface area (Å²) in [7, 11) is 0. The van der Waals surface area contributed by atoms with Crippen LogP contribution in [-0.4, -0.2) is 101 Å². The van der Waals surface area contributed by atoms with E-state index in [1.165, 1.54) is 0 Å². The van der Waals surface area contributed by atoms with Crippen LogP contribution in [0.1, 0.15) is 58.2 Å². The number of amides is 2. The molecule has 0 aromatic heterocycles. The average molecular weight is 809 g/mol. The van der Waals surface area contributed by atoms with Crippen molar-refractivity contribution in [3.63, 3.8) is 0 Å². The fraction of sp³-hybridized carbons (Fsp3) is 0.474. The van der Waals surface area contributed by atoms with Gasteiger partial charge in [-0.15, -0.1) is 0 Å². The third kappa shape index (κ3) is 13.9. The standard InChI is InChI=1S/C38H50N4O6.HI.Na/c1-38(2,3)33-25-31-24-32(26-33)37(44)40-35-9-5-7-30(23-35)28-42-12-16-47-20-18-45-14-10-41(11-15-46-19-21-48-17-13-42)27-29-6-4-8-34(22-29)39-36(31)43;;/h4-9,22-26H,10-21,27-28H2,1-3H3,(H,39,43)(H,40,44);1H;/q;;+1/p-1. The zero-order chi connectivity index (χ0) is 33.8. The van der Waals surface area contributed by atoms with E-state index < -0.39 is 0 Å². The number of hydrogen-bond donors (Lipinski definition) is 2. The molecule has 10 nitrogen and oxygen atoms in total. The van der Waals surface area contributed by atoms with Crippen LogP contribution in [0.2, 0.25) is 0 Å². The Hall–Kier alpha value is -1.91. The summed E-state index contributed by atoms with van der Waals surface area (Å²) in [6.45, 7) is 14.9. The Kier molecular flexibility index (Phi) is 18.3. The third-order valence-electron chi connectivity index (χ3n) is 8.46. The average Bonchev–Trinajstić information content (AvgIpc) is 3.05. The van der Waals surface area contributed by atoms with E-state index in [1.807, 2.05) is 48.5 Å². The summed E-state index contributed by atoms with van der Waals surface area (Å²) in [6.07, 6.45) is 0. The monoisotopic (exact) mass is 808 g/mol. The van der Waals surface area contributed by atoms with Gasteiger partial charge in [-0.1, -0.05) is 45.0 Å². The SMILES string of the molecule is CC(C)(C)c1cc2cc(c1)C(=O)Nc1cccc(c1)CN1CCOCCOCCN(CCOCCOCC1)Cc1cccc(c1)NC2=O.[I-].[Na+]. The number of anilines is 2. The van der Waals surface area contributed by atoms with Crippen LogP contribution in [0.4, 0.5) is 11.4 Å². The quantitative estimate of drug-likeness (QED) is 0.225. The summed E-state index contributed by atoms with van der Waals surface area (Å²) >= 11 is 0. The van der Waals surface area contributed by atoms with Crippen LogP contribution in [-0.2, 0) is 37.5 Å². The molecule has 3 aliphatic heterocycles. The molecular formula is C38H50IN4NaO6. The number of benzene rings is 3. The predicted octanol–water partition coefficient (Wildman–Crippen LogP) is -0.806. The van der Waals surface area contributed by atoms with Crippen LogP contribution in [0.5, 0.6) is 0 Å². The number of fused-ring (bicyclic) bond motifs is 16. The van der Waals surface area contributed by atoms with Gasteiger partial charge in [-0.2, -0.15) is 0 Å². The Morgan fingerprint density at radius 3 is 1.30 bits per heavy atom. The summed E-state index contributed by atoms with van der Waals surface area (Å²) in [5.74, 6) is -0.540. The molecular weight excluding hydrogens is 758 g/mol. The van der Waals surface area contributed by atoms with Crippen LogP contribution in [0, 0.1) is 0 Å². The van der Waals surface area contributed by atoms with Gasteiger partial charge in [-0.3, -0.25) is 19.4 Å². The van der Waals surface area contributed by atoms with Gasteiger partial charge in [0.15, 0.2) is 0 Å². The molecule has 3 aliphatic rings. The summed E-state index contributed by atoms with van der Waals surface area (Å²) in [6, 6.07) is 21.2. The number of halogens is 1. The third-order valence-corrected chi connectivity index (χ3v) is 8.46. The fourth-order valence-electron chi connectivity index (χ4n) is 5.70. The molecule has 0 radical (unpaired) electrons. The first-order valence-electron chi connectivity index (χ1n) is 16.9. The van der Waals surface area contributed by atoms with Crippen LogP contribution in [0.25, 0.3) is 0 Å². The molecule has 3 aromatic carbocycles. The minimum atomic E-state index is -0.276. The van der Waals surface area contributed by atoms with Gasteiger partial charge in [0.2, 0.25) is 0 Å². The van der Waals surface area contributed by atoms with Crippen molar-refractivity contribution in [3.05, 3.63) is 94.5 Å². The maximum atomic E-state index is 13.7. The predicted molar refractivity (Wildman–Crippen MR) is 188 cm³/mol. The maximum Gasteiger partial charge on any atom is 1.00 e. The Morgan fingerprint density at radius 2 is 0.940 bits per heavy atom. The number of nitrogens with one attached hydrogen (secondary N) is 2. The number of carbonyl (C=O) groups excluding carboxylic acids is 2. The minimum absolute atomic E-state index is 0. The number of ether oxygens (including phenoxy) is 4. The Labute approximate surface area is 336 Å². The van der Waals surface area contributed by atoms with Gasteiger partial charge < -0.3 is 53.6 Å². The van der Waals surface area contributed by atoms with Gasteiger partial charge in [-0.25, -0.2) is 0 Å². The fourth-order valence-corrected chi connectivity index (χ4v) is 5.70. The Morgan fingerprint density at radius 1 is 0.560 bits per heavy atom. The molecule has 3 heterocycles. The maximum absolute atomic E-state index is 13.7. The van der Waals surface area contributed by atoms with E-state index in [-0.39, 0.29) is 70.8 Å². The second-order valence-corrected chi connectivity index (χ2v) is 13.4. The summed E-state index contributed by atoms with van der Waals surface area (Å²) in [5, 5.41) is 6.13. The van der Waals surface area contributed by atoms with Crippen molar-refractivity contribution in [2.45, 2.75) is 39.3 Å². The van der Waals surface area contributed by atoms with Gasteiger partial charge in [0.1, 0.15) is 0 Å². The zero-order valence-electron chi connectivity index (χ0n) is 30.0. The molecule has 1 saturated heterocycles. The first-order valence-corrected chi connectivity index (χ1v) is 16.9. The molecule has 12 heteroatoms. The molecule has 0 atom stereocenters. The van der Waals surface area contributed by atoms with Gasteiger partial charge in [-0.05, 0) is 64.6 Å². The molecule has 6 rings (SSSR count). The van der Waals surface area contributed by atoms with Crippen molar-refractivity contribution in [1.82, 2.24) is 9.80 Å². The molecule has 3 aromatic rings. The molecule has 8 bridgehead atoms. The van der Waals surface area contributed by atoms with Gasteiger partial charge in [0, 0.05) is 61.8 Å². The van der Waals surface area contributed by atoms with E-state index in [1.54, 1.807) is 6.07 Å². The van der Waals surface area contributed by atoms with E-state index in [0.717, 1.165) is 42.9 Å². The Bertz CT molecular complexity index is 1400. The van der Waals surface area contributed by atoms with E-state index >= 15 is 0 Å². The van der Waals surface area contributed by atoms with Crippen LogP contribution in [0.15, 0.2) is 66.7 Å². The van der Waals surface area contributed by atoms with E-state index in [0.29, 0.717) is 88.4 Å². The summed E-state index contributed by atoms with van der Waals surface area (Å²) in [4.78, 5) is 31.9. The molecule has 1 fully saturated rings. The first-order chi connectivity index (χ1) is 23.2. The molecule has 0 aliphatic carbocycles. The molecule has 0 spiro atoms. The van der Waals surface area contributed by atoms with Crippen LogP contribution < -0.4 is 64.2 Å². The summed E-state index contributed by atoms with van der Waals surface area (Å²) < 4.78 is 23.7. The van der Waals surface area contributed by atoms with Crippen molar-refractivity contribution in [1.29, 1.82) is 0 Å². The molecule has 0 saturated carbocycles. The van der Waals surface area contributed by atoms with Crippen molar-refractivity contribution in [3.8, 4) is 0 Å².